The van der Waals surface area contributed by atoms with Crippen LogP contribution in [0.4, 0.5) is 5.69 Å². The van der Waals surface area contributed by atoms with Crippen molar-refractivity contribution < 1.29 is 1.43 Å². The number of nitrogen functional groups attached to an aromatic ring is 1. The fourth-order valence-electron chi connectivity index (χ4n) is 2.87. The molecule has 0 amide bonds. The zero-order chi connectivity index (χ0) is 16.9. The number of rotatable bonds is 8. The first-order valence-electron chi connectivity index (χ1n) is 8.48. The van der Waals surface area contributed by atoms with Crippen molar-refractivity contribution in [3.05, 3.63) is 18.2 Å². The number of aromatic nitrogens is 4. The highest BCUT2D eigenvalue weighted by Gasteiger charge is 2.10. The van der Waals surface area contributed by atoms with Crippen LogP contribution in [0.5, 0.6) is 0 Å². The Balaban J connectivity index is 0.00000225. The highest BCUT2D eigenvalue weighted by molar-refractivity contribution is 7.99. The van der Waals surface area contributed by atoms with Crippen molar-refractivity contribution in [3.63, 3.8) is 0 Å². The molecule has 1 aromatic carbocycles. The van der Waals surface area contributed by atoms with Gasteiger partial charge in [0.1, 0.15) is 5.52 Å². The Kier molecular flexibility index (Phi) is 5.52. The minimum Gasteiger partial charge on any atom is -0.399 e. The first kappa shape index (κ1) is 17.0. The standard InChI is InChI=1S/C17H24N6S.H2/c1-3-7-23(8-4-2)9-10-24-17-20-16-15(21-22-17)13-11-12(18)5-6-14(13)19-16;/h5-6,11H,3-4,7-10,18H2,1-2H3,(H,19,20,22);1H. The second-order valence-electron chi connectivity index (χ2n) is 5.91. The van der Waals surface area contributed by atoms with Gasteiger partial charge in [0, 0.05) is 30.3 Å². The molecule has 0 saturated heterocycles. The molecule has 0 saturated carbocycles. The molecule has 7 heteroatoms. The third kappa shape index (κ3) is 3.79. The molecule has 0 aliphatic carbocycles. The Morgan fingerprint density at radius 3 is 2.71 bits per heavy atom. The molecule has 0 fully saturated rings. The number of fused-ring (bicyclic) bond motifs is 3. The number of benzene rings is 1. The average Bonchev–Trinajstić information content (AvgIpc) is 2.92. The van der Waals surface area contributed by atoms with E-state index in [0.29, 0.717) is 0 Å². The second kappa shape index (κ2) is 7.81. The van der Waals surface area contributed by atoms with Gasteiger partial charge >= 0.3 is 0 Å². The summed E-state index contributed by atoms with van der Waals surface area (Å²) in [6.45, 7) is 7.79. The summed E-state index contributed by atoms with van der Waals surface area (Å²) in [5, 5.41) is 10.3. The molecular formula is C17H26N6S. The molecule has 3 rings (SSSR count). The molecule has 0 aliphatic heterocycles. The fourth-order valence-corrected chi connectivity index (χ4v) is 3.66. The van der Waals surface area contributed by atoms with Gasteiger partial charge in [0.05, 0.1) is 0 Å². The van der Waals surface area contributed by atoms with Crippen LogP contribution in [0.25, 0.3) is 22.1 Å². The number of H-pyrrole nitrogens is 1. The van der Waals surface area contributed by atoms with Crippen LogP contribution >= 0.6 is 11.8 Å². The fraction of sp³-hybridized carbons (Fsp3) is 0.471. The van der Waals surface area contributed by atoms with Gasteiger partial charge in [-0.2, -0.15) is 0 Å². The van der Waals surface area contributed by atoms with Gasteiger partial charge < -0.3 is 15.6 Å². The van der Waals surface area contributed by atoms with Crippen LogP contribution in [0.1, 0.15) is 28.1 Å². The third-order valence-electron chi connectivity index (χ3n) is 3.94. The molecule has 6 nitrogen and oxygen atoms in total. The smallest absolute Gasteiger partial charge is 0.211 e. The monoisotopic (exact) mass is 346 g/mol. The van der Waals surface area contributed by atoms with Gasteiger partial charge in [-0.1, -0.05) is 25.6 Å². The Bertz CT molecular complexity index is 815. The minimum absolute atomic E-state index is 0. The van der Waals surface area contributed by atoms with Crippen molar-refractivity contribution in [2.45, 2.75) is 31.8 Å². The van der Waals surface area contributed by atoms with Crippen LogP contribution < -0.4 is 5.73 Å². The predicted molar refractivity (Wildman–Crippen MR) is 103 cm³/mol. The lowest BCUT2D eigenvalue weighted by Crippen LogP contribution is -2.27. The summed E-state index contributed by atoms with van der Waals surface area (Å²) in [7, 11) is 0. The van der Waals surface area contributed by atoms with Crippen LogP contribution in [-0.4, -0.2) is 50.5 Å². The summed E-state index contributed by atoms with van der Waals surface area (Å²) in [5.41, 5.74) is 9.11. The number of hydrogen-bond acceptors (Lipinski definition) is 6. The van der Waals surface area contributed by atoms with E-state index in [1.807, 2.05) is 18.2 Å². The third-order valence-corrected chi connectivity index (χ3v) is 4.76. The Morgan fingerprint density at radius 2 is 1.96 bits per heavy atom. The molecule has 24 heavy (non-hydrogen) atoms. The van der Waals surface area contributed by atoms with Gasteiger partial charge in [0.15, 0.2) is 5.65 Å². The average molecular weight is 347 g/mol. The van der Waals surface area contributed by atoms with Crippen LogP contribution in [0.3, 0.4) is 0 Å². The summed E-state index contributed by atoms with van der Waals surface area (Å²) >= 11 is 1.66. The number of anilines is 1. The normalized spacial score (nSPS) is 11.8. The van der Waals surface area contributed by atoms with Gasteiger partial charge in [0.25, 0.3) is 0 Å². The second-order valence-corrected chi connectivity index (χ2v) is 6.97. The number of nitrogens with two attached hydrogens (primary N) is 1. The van der Waals surface area contributed by atoms with E-state index in [-0.39, 0.29) is 1.43 Å². The quantitative estimate of drug-likeness (QED) is 0.479. The van der Waals surface area contributed by atoms with Gasteiger partial charge in [-0.3, -0.25) is 0 Å². The molecule has 0 bridgehead atoms. The van der Waals surface area contributed by atoms with Gasteiger partial charge in [-0.15, -0.1) is 10.2 Å². The van der Waals surface area contributed by atoms with Gasteiger partial charge in [-0.25, -0.2) is 4.98 Å². The van der Waals surface area contributed by atoms with Crippen molar-refractivity contribution >= 4 is 39.5 Å². The first-order chi connectivity index (χ1) is 11.7. The molecular weight excluding hydrogens is 320 g/mol. The topological polar surface area (TPSA) is 83.7 Å². The molecule has 0 atom stereocenters. The highest BCUT2D eigenvalue weighted by Crippen LogP contribution is 2.25. The van der Waals surface area contributed by atoms with E-state index >= 15 is 0 Å². The predicted octanol–water partition coefficient (Wildman–Crippen LogP) is 3.55. The molecule has 3 aromatic rings. The Morgan fingerprint density at radius 1 is 1.17 bits per heavy atom. The minimum atomic E-state index is 0. The number of aromatic amines is 1. The zero-order valence-electron chi connectivity index (χ0n) is 14.2. The van der Waals surface area contributed by atoms with Crippen molar-refractivity contribution in [2.75, 3.05) is 31.1 Å². The molecule has 2 heterocycles. The summed E-state index contributed by atoms with van der Waals surface area (Å²) in [6, 6.07) is 5.73. The van der Waals surface area contributed by atoms with Crippen LogP contribution in [0.15, 0.2) is 23.4 Å². The van der Waals surface area contributed by atoms with E-state index < -0.39 is 0 Å². The van der Waals surface area contributed by atoms with Crippen molar-refractivity contribution in [1.82, 2.24) is 25.1 Å². The van der Waals surface area contributed by atoms with Gasteiger partial charge in [-0.05, 0) is 44.1 Å². The van der Waals surface area contributed by atoms with E-state index in [1.54, 1.807) is 11.8 Å². The number of nitrogens with zero attached hydrogens (tertiary/aromatic N) is 4. The van der Waals surface area contributed by atoms with E-state index in [2.05, 4.69) is 38.9 Å². The van der Waals surface area contributed by atoms with Crippen molar-refractivity contribution in [3.8, 4) is 0 Å². The van der Waals surface area contributed by atoms with Crippen molar-refractivity contribution in [2.24, 2.45) is 0 Å². The lowest BCUT2D eigenvalue weighted by atomic mass is 10.2. The molecule has 2 aromatic heterocycles. The molecule has 0 unspecified atom stereocenters. The highest BCUT2D eigenvalue weighted by atomic mass is 32.2. The number of thioether (sulfide) groups is 1. The van der Waals surface area contributed by atoms with Crippen LogP contribution in [0.2, 0.25) is 0 Å². The largest absolute Gasteiger partial charge is 0.399 e. The maximum atomic E-state index is 5.86. The van der Waals surface area contributed by atoms with Crippen LogP contribution in [-0.2, 0) is 0 Å². The molecule has 130 valence electrons. The number of nitrogens with one attached hydrogen (secondary N) is 1. The van der Waals surface area contributed by atoms with E-state index in [4.69, 9.17) is 5.73 Å². The molecule has 0 radical (unpaired) electrons. The van der Waals surface area contributed by atoms with E-state index in [9.17, 15) is 0 Å². The number of hydrogen-bond donors (Lipinski definition) is 2. The summed E-state index contributed by atoms with van der Waals surface area (Å²) in [5.74, 6) is 0.973. The zero-order valence-corrected chi connectivity index (χ0v) is 15.1. The summed E-state index contributed by atoms with van der Waals surface area (Å²) in [6.07, 6.45) is 2.37. The maximum absolute atomic E-state index is 5.86. The first-order valence-corrected chi connectivity index (χ1v) is 9.46. The van der Waals surface area contributed by atoms with Gasteiger partial charge in [0.2, 0.25) is 5.16 Å². The molecule has 3 N–H and O–H groups in total. The van der Waals surface area contributed by atoms with Crippen LogP contribution in [0, 0.1) is 0 Å². The summed E-state index contributed by atoms with van der Waals surface area (Å²) < 4.78 is 0. The molecule has 0 aliphatic rings. The van der Waals surface area contributed by atoms with E-state index in [1.165, 1.54) is 12.8 Å². The Hall–Kier alpha value is -1.86. The van der Waals surface area contributed by atoms with Crippen molar-refractivity contribution in [1.29, 1.82) is 0 Å². The van der Waals surface area contributed by atoms with E-state index in [0.717, 1.165) is 58.3 Å². The lowest BCUT2D eigenvalue weighted by molar-refractivity contribution is 0.292. The molecule has 0 spiro atoms. The lowest BCUT2D eigenvalue weighted by Gasteiger charge is -2.20. The maximum Gasteiger partial charge on any atom is 0.211 e. The summed E-state index contributed by atoms with van der Waals surface area (Å²) in [4.78, 5) is 10.4. The Labute approximate surface area is 147 Å². The SMILES string of the molecule is CCCN(CCC)CCSc1nnc2c(n1)[nH]c1ccc(N)cc12.[HH].